The van der Waals surface area contributed by atoms with E-state index in [4.69, 9.17) is 14.2 Å². The molecule has 0 aromatic heterocycles. The van der Waals surface area contributed by atoms with Gasteiger partial charge in [-0.05, 0) is 32.1 Å². The average Bonchev–Trinajstić information content (AvgIpc) is 3.05. The number of epoxide rings is 1. The molecule has 15 heavy (non-hydrogen) atoms. The molecule has 2 heterocycles. The van der Waals surface area contributed by atoms with Crippen molar-refractivity contribution in [3.63, 3.8) is 0 Å². The second kappa shape index (κ2) is 6.37. The lowest BCUT2D eigenvalue weighted by atomic mass is 10.2. The van der Waals surface area contributed by atoms with Gasteiger partial charge in [0.15, 0.2) is 6.29 Å². The highest BCUT2D eigenvalue weighted by Gasteiger charge is 2.36. The third-order valence-corrected chi connectivity index (χ3v) is 3.78. The van der Waals surface area contributed by atoms with Crippen LogP contribution in [0.2, 0.25) is 0 Å². The van der Waals surface area contributed by atoms with Gasteiger partial charge in [-0.3, -0.25) is 0 Å². The molecule has 0 spiro atoms. The third-order valence-electron chi connectivity index (χ3n) is 2.91. The van der Waals surface area contributed by atoms with Crippen LogP contribution < -0.4 is 0 Å². The van der Waals surface area contributed by atoms with Crippen LogP contribution in [0.15, 0.2) is 0 Å². The Bertz CT molecular complexity index is 183. The van der Waals surface area contributed by atoms with Crippen LogP contribution in [0.5, 0.6) is 0 Å². The second-order valence-corrected chi connectivity index (χ2v) is 5.06. The molecule has 0 saturated carbocycles. The van der Waals surface area contributed by atoms with E-state index < -0.39 is 0 Å². The SMILES string of the molecule is IC[C@H]1O[C@@H]1CCCOC1CCCCO1. The normalized spacial score (nSPS) is 35.4. The first kappa shape index (κ1) is 12.1. The summed E-state index contributed by atoms with van der Waals surface area (Å²) >= 11 is 2.38. The van der Waals surface area contributed by atoms with Crippen LogP contribution in [0, 0.1) is 0 Å². The van der Waals surface area contributed by atoms with Gasteiger partial charge in [-0.1, -0.05) is 22.6 Å². The van der Waals surface area contributed by atoms with Crippen molar-refractivity contribution in [1.82, 2.24) is 0 Å². The molecule has 0 amide bonds. The van der Waals surface area contributed by atoms with Gasteiger partial charge in [0.25, 0.3) is 0 Å². The zero-order valence-electron chi connectivity index (χ0n) is 8.99. The Hall–Kier alpha value is 0.610. The molecule has 0 aromatic carbocycles. The van der Waals surface area contributed by atoms with Gasteiger partial charge in [0.2, 0.25) is 0 Å². The molecule has 0 radical (unpaired) electrons. The highest BCUT2D eigenvalue weighted by molar-refractivity contribution is 14.1. The molecule has 3 atom stereocenters. The number of ether oxygens (including phenoxy) is 3. The summed E-state index contributed by atoms with van der Waals surface area (Å²) in [7, 11) is 0. The summed E-state index contributed by atoms with van der Waals surface area (Å²) in [6.07, 6.45) is 6.84. The van der Waals surface area contributed by atoms with Gasteiger partial charge < -0.3 is 14.2 Å². The highest BCUT2D eigenvalue weighted by atomic mass is 127. The topological polar surface area (TPSA) is 31.0 Å². The molecule has 2 aliphatic rings. The molecular formula is C11H19IO3. The number of hydrogen-bond acceptors (Lipinski definition) is 3. The van der Waals surface area contributed by atoms with Crippen LogP contribution in [0.4, 0.5) is 0 Å². The summed E-state index contributed by atoms with van der Waals surface area (Å²) in [6.45, 7) is 1.69. The van der Waals surface area contributed by atoms with Gasteiger partial charge in [0.1, 0.15) is 0 Å². The number of halogens is 1. The van der Waals surface area contributed by atoms with Crippen molar-refractivity contribution < 1.29 is 14.2 Å². The smallest absolute Gasteiger partial charge is 0.157 e. The minimum Gasteiger partial charge on any atom is -0.369 e. The summed E-state index contributed by atoms with van der Waals surface area (Å²) in [6, 6.07) is 0. The highest BCUT2D eigenvalue weighted by Crippen LogP contribution is 2.28. The van der Waals surface area contributed by atoms with Gasteiger partial charge in [0, 0.05) is 17.6 Å². The lowest BCUT2D eigenvalue weighted by Gasteiger charge is -2.22. The fourth-order valence-electron chi connectivity index (χ4n) is 1.91. The van der Waals surface area contributed by atoms with Crippen molar-refractivity contribution in [2.75, 3.05) is 17.6 Å². The Morgan fingerprint density at radius 1 is 1.27 bits per heavy atom. The molecule has 4 heteroatoms. The average molecular weight is 326 g/mol. The molecule has 0 N–H and O–H groups in total. The Kier molecular flexibility index (Phi) is 5.13. The molecule has 2 fully saturated rings. The minimum absolute atomic E-state index is 0.0687. The maximum Gasteiger partial charge on any atom is 0.157 e. The Morgan fingerprint density at radius 3 is 2.87 bits per heavy atom. The molecule has 2 saturated heterocycles. The monoisotopic (exact) mass is 326 g/mol. The predicted molar refractivity (Wildman–Crippen MR) is 66.3 cm³/mol. The van der Waals surface area contributed by atoms with E-state index in [9.17, 15) is 0 Å². The van der Waals surface area contributed by atoms with E-state index in [0.29, 0.717) is 12.2 Å². The molecule has 0 aromatic rings. The number of hydrogen-bond donors (Lipinski definition) is 0. The summed E-state index contributed by atoms with van der Waals surface area (Å²) in [5.74, 6) is 0. The van der Waals surface area contributed by atoms with Crippen LogP contribution in [-0.2, 0) is 14.2 Å². The lowest BCUT2D eigenvalue weighted by molar-refractivity contribution is -0.162. The van der Waals surface area contributed by atoms with Gasteiger partial charge in [-0.25, -0.2) is 0 Å². The largest absolute Gasteiger partial charge is 0.369 e. The molecule has 0 bridgehead atoms. The molecule has 3 nitrogen and oxygen atoms in total. The standard InChI is InChI=1S/C11H19IO3/c12-8-10-9(15-10)4-3-7-14-11-5-1-2-6-13-11/h9-11H,1-8H2/t9-,10-,11?/m1/s1. The van der Waals surface area contributed by atoms with E-state index in [2.05, 4.69) is 22.6 Å². The van der Waals surface area contributed by atoms with Gasteiger partial charge in [-0.15, -0.1) is 0 Å². The maximum absolute atomic E-state index is 5.65. The number of alkyl halides is 1. The summed E-state index contributed by atoms with van der Waals surface area (Å²) in [4.78, 5) is 0. The van der Waals surface area contributed by atoms with Crippen LogP contribution in [0.25, 0.3) is 0 Å². The van der Waals surface area contributed by atoms with Gasteiger partial charge >= 0.3 is 0 Å². The van der Waals surface area contributed by atoms with Crippen molar-refractivity contribution in [3.8, 4) is 0 Å². The van der Waals surface area contributed by atoms with Crippen molar-refractivity contribution in [2.24, 2.45) is 0 Å². The van der Waals surface area contributed by atoms with Crippen LogP contribution >= 0.6 is 22.6 Å². The first-order valence-electron chi connectivity index (χ1n) is 5.85. The van der Waals surface area contributed by atoms with Gasteiger partial charge in [-0.2, -0.15) is 0 Å². The zero-order chi connectivity index (χ0) is 10.5. The van der Waals surface area contributed by atoms with Crippen molar-refractivity contribution in [3.05, 3.63) is 0 Å². The van der Waals surface area contributed by atoms with E-state index in [0.717, 1.165) is 36.9 Å². The predicted octanol–water partition coefficient (Wildman–Crippen LogP) is 2.51. The zero-order valence-corrected chi connectivity index (χ0v) is 11.1. The molecule has 2 rings (SSSR count). The number of rotatable bonds is 6. The van der Waals surface area contributed by atoms with Crippen LogP contribution in [-0.4, -0.2) is 36.1 Å². The third kappa shape index (κ3) is 4.17. The van der Waals surface area contributed by atoms with Crippen molar-refractivity contribution in [1.29, 1.82) is 0 Å². The Morgan fingerprint density at radius 2 is 2.20 bits per heavy atom. The molecule has 0 aliphatic carbocycles. The fourth-order valence-corrected chi connectivity index (χ4v) is 2.69. The van der Waals surface area contributed by atoms with E-state index in [-0.39, 0.29) is 6.29 Å². The molecule has 88 valence electrons. The van der Waals surface area contributed by atoms with Crippen molar-refractivity contribution in [2.45, 2.75) is 50.6 Å². The molecule has 1 unspecified atom stereocenters. The quantitative estimate of drug-likeness (QED) is 0.325. The van der Waals surface area contributed by atoms with E-state index in [1.165, 1.54) is 12.8 Å². The molecular weight excluding hydrogens is 307 g/mol. The van der Waals surface area contributed by atoms with Crippen LogP contribution in [0.1, 0.15) is 32.1 Å². The first-order chi connectivity index (χ1) is 7.40. The van der Waals surface area contributed by atoms with E-state index >= 15 is 0 Å². The Balaban J connectivity index is 1.45. The van der Waals surface area contributed by atoms with Gasteiger partial charge in [0.05, 0.1) is 12.2 Å². The van der Waals surface area contributed by atoms with Crippen LogP contribution in [0.3, 0.4) is 0 Å². The molecule has 2 aliphatic heterocycles. The lowest BCUT2D eigenvalue weighted by Crippen LogP contribution is -2.22. The summed E-state index contributed by atoms with van der Waals surface area (Å²) < 4.78 is 17.7. The van der Waals surface area contributed by atoms with E-state index in [1.807, 2.05) is 0 Å². The fraction of sp³-hybridized carbons (Fsp3) is 1.00. The maximum atomic E-state index is 5.65. The van der Waals surface area contributed by atoms with Crippen molar-refractivity contribution >= 4 is 22.6 Å². The minimum atomic E-state index is 0.0687. The summed E-state index contributed by atoms with van der Waals surface area (Å²) in [5.41, 5.74) is 0. The summed E-state index contributed by atoms with van der Waals surface area (Å²) in [5, 5.41) is 0. The second-order valence-electron chi connectivity index (χ2n) is 4.18. The first-order valence-corrected chi connectivity index (χ1v) is 7.37. The van der Waals surface area contributed by atoms with E-state index in [1.54, 1.807) is 0 Å². The Labute approximate surface area is 105 Å².